The second-order valence-electron chi connectivity index (χ2n) is 10.7. The number of rotatable bonds is 5. The van der Waals surface area contributed by atoms with Gasteiger partial charge in [-0.2, -0.15) is 0 Å². The summed E-state index contributed by atoms with van der Waals surface area (Å²) in [6, 6.07) is 50.3. The maximum atomic E-state index is 5.05. The summed E-state index contributed by atoms with van der Waals surface area (Å²) in [6.07, 6.45) is 3.58. The van der Waals surface area contributed by atoms with Crippen molar-refractivity contribution in [2.45, 2.75) is 0 Å². The van der Waals surface area contributed by atoms with E-state index in [1.807, 2.05) is 42.5 Å². The highest BCUT2D eigenvalue weighted by molar-refractivity contribution is 6.21. The van der Waals surface area contributed by atoms with Crippen LogP contribution in [0.4, 0.5) is 0 Å². The predicted octanol–water partition coefficient (Wildman–Crippen LogP) is 9.91. The molecule has 4 nitrogen and oxygen atoms in total. The molecule has 206 valence electrons. The molecule has 44 heavy (non-hydrogen) atoms. The van der Waals surface area contributed by atoms with Gasteiger partial charge in [-0.1, -0.05) is 109 Å². The number of hydrogen-bond acceptors (Lipinski definition) is 4. The van der Waals surface area contributed by atoms with Crippen molar-refractivity contribution in [1.29, 1.82) is 0 Å². The second kappa shape index (κ2) is 11.0. The number of fused-ring (bicyclic) bond motifs is 2. The van der Waals surface area contributed by atoms with E-state index in [4.69, 9.17) is 9.97 Å². The van der Waals surface area contributed by atoms with Crippen LogP contribution in [-0.4, -0.2) is 19.9 Å². The molecule has 0 amide bonds. The summed E-state index contributed by atoms with van der Waals surface area (Å²) >= 11 is 0. The minimum absolute atomic E-state index is 0.629. The van der Waals surface area contributed by atoms with Gasteiger partial charge >= 0.3 is 0 Å². The molecule has 0 fully saturated rings. The van der Waals surface area contributed by atoms with E-state index in [1.165, 1.54) is 38.4 Å². The highest BCUT2D eigenvalue weighted by Crippen LogP contribution is 2.44. The molecular formula is C40H26N4. The topological polar surface area (TPSA) is 51.6 Å². The van der Waals surface area contributed by atoms with Gasteiger partial charge in [-0.25, -0.2) is 9.97 Å². The van der Waals surface area contributed by atoms with Crippen molar-refractivity contribution >= 4 is 21.5 Å². The SMILES string of the molecule is c1ccc(-c2c3ccccc3c(-c3ccccc3)c3cc(-c4nc(-c5ccccn5)cc(-c5ccccn5)n4)ccc23)cc1. The molecule has 0 bridgehead atoms. The average molecular weight is 563 g/mol. The number of nitrogens with zero attached hydrogens (tertiary/aromatic N) is 4. The third-order valence-corrected chi connectivity index (χ3v) is 7.99. The Hall–Kier alpha value is -6.00. The fraction of sp³-hybridized carbons (Fsp3) is 0. The monoisotopic (exact) mass is 562 g/mol. The maximum absolute atomic E-state index is 5.05. The number of pyridine rings is 2. The van der Waals surface area contributed by atoms with E-state index < -0.39 is 0 Å². The van der Waals surface area contributed by atoms with E-state index in [2.05, 4.69) is 113 Å². The van der Waals surface area contributed by atoms with Crippen molar-refractivity contribution in [3.8, 4) is 56.4 Å². The van der Waals surface area contributed by atoms with Crippen molar-refractivity contribution in [1.82, 2.24) is 19.9 Å². The molecule has 3 aromatic heterocycles. The minimum atomic E-state index is 0.629. The zero-order valence-corrected chi connectivity index (χ0v) is 23.8. The van der Waals surface area contributed by atoms with E-state index in [0.717, 1.165) is 33.7 Å². The molecule has 0 saturated heterocycles. The lowest BCUT2D eigenvalue weighted by Gasteiger charge is -2.18. The third kappa shape index (κ3) is 4.59. The van der Waals surface area contributed by atoms with Crippen molar-refractivity contribution in [2.24, 2.45) is 0 Å². The first-order valence-corrected chi connectivity index (χ1v) is 14.6. The number of aromatic nitrogens is 4. The van der Waals surface area contributed by atoms with Crippen LogP contribution in [0.2, 0.25) is 0 Å². The molecule has 8 aromatic rings. The van der Waals surface area contributed by atoms with E-state index in [9.17, 15) is 0 Å². The Labute approximate surface area is 255 Å². The molecule has 0 unspecified atom stereocenters. The van der Waals surface area contributed by atoms with Gasteiger partial charge in [0.15, 0.2) is 5.82 Å². The smallest absolute Gasteiger partial charge is 0.160 e. The lowest BCUT2D eigenvalue weighted by molar-refractivity contribution is 1.15. The van der Waals surface area contributed by atoms with Gasteiger partial charge in [0.2, 0.25) is 0 Å². The van der Waals surface area contributed by atoms with Crippen LogP contribution < -0.4 is 0 Å². The Morgan fingerprint density at radius 2 is 0.795 bits per heavy atom. The number of hydrogen-bond donors (Lipinski definition) is 0. The highest BCUT2D eigenvalue weighted by atomic mass is 14.9. The summed E-state index contributed by atoms with van der Waals surface area (Å²) in [4.78, 5) is 19.3. The predicted molar refractivity (Wildman–Crippen MR) is 180 cm³/mol. The summed E-state index contributed by atoms with van der Waals surface area (Å²) in [5, 5.41) is 4.77. The molecule has 0 aliphatic carbocycles. The van der Waals surface area contributed by atoms with Crippen LogP contribution in [0.15, 0.2) is 158 Å². The van der Waals surface area contributed by atoms with Crippen LogP contribution in [0.3, 0.4) is 0 Å². The standard InChI is InChI=1S/C40H26N4/c1-3-13-27(14-4-1)38-30-17-7-8-18-31(30)39(28-15-5-2-6-16-28)33-25-29(21-22-32(33)38)40-43-36(34-19-9-11-23-41-34)26-37(44-40)35-20-10-12-24-42-35/h1-26H. The Bertz CT molecular complexity index is 2190. The van der Waals surface area contributed by atoms with Gasteiger partial charge in [0, 0.05) is 18.0 Å². The Morgan fingerprint density at radius 1 is 0.318 bits per heavy atom. The maximum Gasteiger partial charge on any atom is 0.160 e. The summed E-state index contributed by atoms with van der Waals surface area (Å²) in [5.74, 6) is 0.629. The zero-order valence-electron chi connectivity index (χ0n) is 23.8. The van der Waals surface area contributed by atoms with Gasteiger partial charge in [-0.3, -0.25) is 9.97 Å². The molecule has 5 aromatic carbocycles. The fourth-order valence-corrected chi connectivity index (χ4v) is 6.02. The minimum Gasteiger partial charge on any atom is -0.255 e. The van der Waals surface area contributed by atoms with Gasteiger partial charge in [0.1, 0.15) is 0 Å². The molecule has 0 atom stereocenters. The quantitative estimate of drug-likeness (QED) is 0.196. The normalized spacial score (nSPS) is 11.2. The molecule has 0 spiro atoms. The second-order valence-corrected chi connectivity index (χ2v) is 10.7. The van der Waals surface area contributed by atoms with Crippen LogP contribution in [0.5, 0.6) is 0 Å². The number of benzene rings is 5. The van der Waals surface area contributed by atoms with Crippen LogP contribution in [0.25, 0.3) is 78.0 Å². The Kier molecular flexibility index (Phi) is 6.43. The van der Waals surface area contributed by atoms with Crippen molar-refractivity contribution < 1.29 is 0 Å². The summed E-state index contributed by atoms with van der Waals surface area (Å²) in [5.41, 5.74) is 8.79. The largest absolute Gasteiger partial charge is 0.255 e. The van der Waals surface area contributed by atoms with E-state index in [1.54, 1.807) is 12.4 Å². The van der Waals surface area contributed by atoms with Crippen molar-refractivity contribution in [2.75, 3.05) is 0 Å². The van der Waals surface area contributed by atoms with E-state index in [0.29, 0.717) is 5.82 Å². The molecule has 4 heteroatoms. The van der Waals surface area contributed by atoms with Gasteiger partial charge in [0.25, 0.3) is 0 Å². The first-order valence-electron chi connectivity index (χ1n) is 14.6. The average Bonchev–Trinajstić information content (AvgIpc) is 3.11. The van der Waals surface area contributed by atoms with Crippen LogP contribution in [0, 0.1) is 0 Å². The van der Waals surface area contributed by atoms with Gasteiger partial charge in [-0.05, 0) is 80.2 Å². The van der Waals surface area contributed by atoms with Crippen molar-refractivity contribution in [3.05, 3.63) is 158 Å². The lowest BCUT2D eigenvalue weighted by Crippen LogP contribution is -1.98. The van der Waals surface area contributed by atoms with Crippen LogP contribution in [0.1, 0.15) is 0 Å². The Morgan fingerprint density at radius 3 is 1.32 bits per heavy atom. The molecule has 0 N–H and O–H groups in total. The van der Waals surface area contributed by atoms with E-state index >= 15 is 0 Å². The highest BCUT2D eigenvalue weighted by Gasteiger charge is 2.19. The Balaban J connectivity index is 1.44. The zero-order chi connectivity index (χ0) is 29.3. The molecule has 0 radical (unpaired) electrons. The van der Waals surface area contributed by atoms with Crippen LogP contribution >= 0.6 is 0 Å². The lowest BCUT2D eigenvalue weighted by atomic mass is 9.85. The summed E-state index contributed by atoms with van der Waals surface area (Å²) < 4.78 is 0. The summed E-state index contributed by atoms with van der Waals surface area (Å²) in [7, 11) is 0. The molecule has 3 heterocycles. The van der Waals surface area contributed by atoms with E-state index in [-0.39, 0.29) is 0 Å². The van der Waals surface area contributed by atoms with Crippen molar-refractivity contribution in [3.63, 3.8) is 0 Å². The first-order chi connectivity index (χ1) is 21.8. The molecule has 0 aliphatic rings. The van der Waals surface area contributed by atoms with Crippen LogP contribution in [-0.2, 0) is 0 Å². The van der Waals surface area contributed by atoms with Gasteiger partial charge in [0.05, 0.1) is 22.8 Å². The summed E-state index contributed by atoms with van der Waals surface area (Å²) in [6.45, 7) is 0. The fourth-order valence-electron chi connectivity index (χ4n) is 6.02. The molecule has 0 saturated carbocycles. The first kappa shape index (κ1) is 25.7. The molecular weight excluding hydrogens is 536 g/mol. The molecule has 0 aliphatic heterocycles. The molecule has 8 rings (SSSR count). The van der Waals surface area contributed by atoms with Gasteiger partial charge < -0.3 is 0 Å². The third-order valence-electron chi connectivity index (χ3n) is 7.99. The van der Waals surface area contributed by atoms with Gasteiger partial charge in [-0.15, -0.1) is 0 Å².